The van der Waals surface area contributed by atoms with Crippen LogP contribution in [0.2, 0.25) is 0 Å². The number of aryl methyl sites for hydroxylation is 2. The molecule has 5 aromatic rings. The molecule has 3 heteroatoms. The minimum atomic E-state index is 0.865. The summed E-state index contributed by atoms with van der Waals surface area (Å²) in [6.45, 7) is 2.22. The average molecular weight is 362 g/mol. The Kier molecular flexibility index (Phi) is 3.07. The Labute approximate surface area is 163 Å². The molecular weight excluding hydrogens is 342 g/mol. The average Bonchev–Trinajstić information content (AvgIpc) is 3.25. The Bertz CT molecular complexity index is 1410. The predicted octanol–water partition coefficient (Wildman–Crippen LogP) is 4.88. The molecule has 0 atom stereocenters. The summed E-state index contributed by atoms with van der Waals surface area (Å²) in [6, 6.07) is 23.8. The zero-order valence-electron chi connectivity index (χ0n) is 16.0. The van der Waals surface area contributed by atoms with Gasteiger partial charge in [0.15, 0.2) is 6.20 Å². The molecule has 3 aromatic carbocycles. The third-order valence-corrected chi connectivity index (χ3v) is 5.99. The van der Waals surface area contributed by atoms with E-state index in [9.17, 15) is 0 Å². The number of hydrogen-bond donors (Lipinski definition) is 0. The second-order valence-corrected chi connectivity index (χ2v) is 7.65. The highest BCUT2D eigenvalue weighted by Crippen LogP contribution is 2.40. The number of fused-ring (bicyclic) bond motifs is 6. The smallest absolute Gasteiger partial charge is 0.220 e. The molecule has 1 aliphatic rings. The van der Waals surface area contributed by atoms with E-state index in [1.807, 2.05) is 0 Å². The molecule has 0 saturated heterocycles. The van der Waals surface area contributed by atoms with E-state index in [1.165, 1.54) is 44.4 Å². The molecular formula is C25H20N3+. The first-order valence-electron chi connectivity index (χ1n) is 9.69. The Morgan fingerprint density at radius 1 is 0.929 bits per heavy atom. The fourth-order valence-corrected chi connectivity index (χ4v) is 4.72. The van der Waals surface area contributed by atoms with Crippen molar-refractivity contribution in [2.45, 2.75) is 13.3 Å². The monoisotopic (exact) mass is 362 g/mol. The molecule has 0 aliphatic carbocycles. The maximum absolute atomic E-state index is 4.91. The van der Waals surface area contributed by atoms with E-state index in [-0.39, 0.29) is 0 Å². The SMILES string of the molecule is Cc1ccc2c(c1-c1c3ccccc3cc[n+]1C)Cc1nc3ccccc3n1-2. The van der Waals surface area contributed by atoms with Crippen molar-refractivity contribution in [2.75, 3.05) is 0 Å². The molecule has 3 heterocycles. The summed E-state index contributed by atoms with van der Waals surface area (Å²) in [7, 11) is 2.14. The van der Waals surface area contributed by atoms with Crippen LogP contribution >= 0.6 is 0 Å². The van der Waals surface area contributed by atoms with E-state index in [0.717, 1.165) is 17.8 Å². The summed E-state index contributed by atoms with van der Waals surface area (Å²) in [4.78, 5) is 4.91. The number of para-hydroxylation sites is 2. The normalized spacial score (nSPS) is 12.5. The van der Waals surface area contributed by atoms with Gasteiger partial charge >= 0.3 is 0 Å². The quantitative estimate of drug-likeness (QED) is 0.382. The minimum absolute atomic E-state index is 0.865. The molecule has 2 aromatic heterocycles. The third kappa shape index (κ3) is 1.99. The summed E-state index contributed by atoms with van der Waals surface area (Å²) < 4.78 is 4.59. The number of pyridine rings is 1. The summed E-state index contributed by atoms with van der Waals surface area (Å²) in [6.07, 6.45) is 3.03. The molecule has 6 rings (SSSR count). The molecule has 3 nitrogen and oxygen atoms in total. The molecule has 0 unspecified atom stereocenters. The minimum Gasteiger partial charge on any atom is -0.296 e. The van der Waals surface area contributed by atoms with Crippen LogP contribution in [0.4, 0.5) is 0 Å². The lowest BCUT2D eigenvalue weighted by molar-refractivity contribution is -0.659. The van der Waals surface area contributed by atoms with Crippen molar-refractivity contribution in [3.05, 3.63) is 89.9 Å². The van der Waals surface area contributed by atoms with Crippen LogP contribution in [-0.4, -0.2) is 9.55 Å². The molecule has 0 amide bonds. The fraction of sp³-hybridized carbons (Fsp3) is 0.120. The second-order valence-electron chi connectivity index (χ2n) is 7.65. The van der Waals surface area contributed by atoms with Crippen molar-refractivity contribution in [3.63, 3.8) is 0 Å². The maximum atomic E-state index is 4.91. The van der Waals surface area contributed by atoms with E-state index in [1.54, 1.807) is 0 Å². The van der Waals surface area contributed by atoms with Crippen molar-refractivity contribution in [1.82, 2.24) is 9.55 Å². The molecule has 0 saturated carbocycles. The number of rotatable bonds is 1. The summed E-state index contributed by atoms with van der Waals surface area (Å²) in [5.74, 6) is 1.13. The molecule has 0 fully saturated rings. The predicted molar refractivity (Wildman–Crippen MR) is 113 cm³/mol. The van der Waals surface area contributed by atoms with E-state index < -0.39 is 0 Å². The number of aromatic nitrogens is 3. The van der Waals surface area contributed by atoms with Crippen molar-refractivity contribution < 1.29 is 4.57 Å². The first kappa shape index (κ1) is 15.6. The van der Waals surface area contributed by atoms with Gasteiger partial charge in [-0.25, -0.2) is 9.55 Å². The lowest BCUT2D eigenvalue weighted by atomic mass is 9.93. The molecule has 0 bridgehead atoms. The van der Waals surface area contributed by atoms with Crippen LogP contribution in [0.3, 0.4) is 0 Å². The van der Waals surface area contributed by atoms with Gasteiger partial charge in [-0.1, -0.05) is 36.4 Å². The van der Waals surface area contributed by atoms with Crippen molar-refractivity contribution in [2.24, 2.45) is 7.05 Å². The molecule has 28 heavy (non-hydrogen) atoms. The van der Waals surface area contributed by atoms with Crippen LogP contribution in [0.25, 0.3) is 38.8 Å². The van der Waals surface area contributed by atoms with Gasteiger partial charge in [0.1, 0.15) is 12.9 Å². The summed E-state index contributed by atoms with van der Waals surface area (Å²) in [5, 5.41) is 2.56. The highest BCUT2D eigenvalue weighted by Gasteiger charge is 2.29. The molecule has 134 valence electrons. The maximum Gasteiger partial charge on any atom is 0.220 e. The van der Waals surface area contributed by atoms with Gasteiger partial charge in [0.25, 0.3) is 0 Å². The van der Waals surface area contributed by atoms with E-state index in [2.05, 4.69) is 96.0 Å². The van der Waals surface area contributed by atoms with Crippen molar-refractivity contribution in [3.8, 4) is 16.9 Å². The molecule has 0 spiro atoms. The Morgan fingerprint density at radius 2 is 1.75 bits per heavy atom. The van der Waals surface area contributed by atoms with Gasteiger partial charge in [-0.05, 0) is 47.7 Å². The molecule has 0 N–H and O–H groups in total. The zero-order valence-corrected chi connectivity index (χ0v) is 16.0. The largest absolute Gasteiger partial charge is 0.296 e. The number of benzene rings is 3. The van der Waals surface area contributed by atoms with Crippen LogP contribution in [0.15, 0.2) is 72.9 Å². The second kappa shape index (κ2) is 5.52. The fourth-order valence-electron chi connectivity index (χ4n) is 4.72. The number of nitrogens with zero attached hydrogens (tertiary/aromatic N) is 3. The summed E-state index contributed by atoms with van der Waals surface area (Å²) in [5.41, 5.74) is 8.82. The van der Waals surface area contributed by atoms with Crippen LogP contribution in [0.1, 0.15) is 17.0 Å². The van der Waals surface area contributed by atoms with Crippen LogP contribution in [-0.2, 0) is 13.5 Å². The van der Waals surface area contributed by atoms with E-state index >= 15 is 0 Å². The lowest BCUT2D eigenvalue weighted by Crippen LogP contribution is -2.31. The summed E-state index contributed by atoms with van der Waals surface area (Å²) >= 11 is 0. The lowest BCUT2D eigenvalue weighted by Gasteiger charge is -2.13. The van der Waals surface area contributed by atoms with Crippen molar-refractivity contribution >= 4 is 21.8 Å². The third-order valence-electron chi connectivity index (χ3n) is 5.99. The Balaban J connectivity index is 1.70. The van der Waals surface area contributed by atoms with Crippen LogP contribution in [0.5, 0.6) is 0 Å². The molecule has 0 radical (unpaired) electrons. The highest BCUT2D eigenvalue weighted by molar-refractivity contribution is 5.95. The van der Waals surface area contributed by atoms with Crippen LogP contribution in [0, 0.1) is 6.92 Å². The van der Waals surface area contributed by atoms with Gasteiger partial charge in [0.05, 0.1) is 27.7 Å². The van der Waals surface area contributed by atoms with Crippen LogP contribution < -0.4 is 4.57 Å². The topological polar surface area (TPSA) is 21.7 Å². The van der Waals surface area contributed by atoms with Gasteiger partial charge in [-0.3, -0.25) is 4.57 Å². The number of hydrogen-bond acceptors (Lipinski definition) is 1. The van der Waals surface area contributed by atoms with Gasteiger partial charge < -0.3 is 0 Å². The first-order chi connectivity index (χ1) is 13.7. The Morgan fingerprint density at radius 3 is 2.68 bits per heavy atom. The standard InChI is InChI=1S/C25H20N3/c1-16-11-12-21-19(15-23-26-20-9-5-6-10-22(20)28(21)23)24(16)25-18-8-4-3-7-17(18)13-14-27(25)2/h3-14H,15H2,1-2H3/q+1. The Hall–Kier alpha value is -3.46. The highest BCUT2D eigenvalue weighted by atomic mass is 15.1. The van der Waals surface area contributed by atoms with Crippen molar-refractivity contribution in [1.29, 1.82) is 0 Å². The molecule has 1 aliphatic heterocycles. The van der Waals surface area contributed by atoms with E-state index in [0.29, 0.717) is 0 Å². The zero-order chi connectivity index (χ0) is 18.8. The van der Waals surface area contributed by atoms with Gasteiger partial charge in [0, 0.05) is 12.5 Å². The number of imidazole rings is 1. The van der Waals surface area contributed by atoms with Gasteiger partial charge in [-0.2, -0.15) is 0 Å². The first-order valence-corrected chi connectivity index (χ1v) is 9.69. The van der Waals surface area contributed by atoms with Gasteiger partial charge in [0.2, 0.25) is 5.69 Å². The van der Waals surface area contributed by atoms with Gasteiger partial charge in [-0.15, -0.1) is 0 Å². The van der Waals surface area contributed by atoms with E-state index in [4.69, 9.17) is 4.98 Å².